The highest BCUT2D eigenvalue weighted by Gasteiger charge is 2.50. The molecule has 2 nitrogen and oxygen atoms in total. The van der Waals surface area contributed by atoms with Crippen molar-refractivity contribution in [3.05, 3.63) is 28.3 Å². The number of methoxy groups -OCH3 is 1. The van der Waals surface area contributed by atoms with Crippen molar-refractivity contribution in [2.45, 2.75) is 18.5 Å². The van der Waals surface area contributed by atoms with Gasteiger partial charge in [-0.15, -0.1) is 0 Å². The smallest absolute Gasteiger partial charge is 0.420 e. The van der Waals surface area contributed by atoms with Crippen molar-refractivity contribution >= 4 is 6.29 Å². The number of carbonyl (C=O) groups is 1. The summed E-state index contributed by atoms with van der Waals surface area (Å²) in [7, 11) is 0.478. The Bertz CT molecular complexity index is 581. The van der Waals surface area contributed by atoms with Crippen LogP contribution in [0, 0.1) is 0 Å². The zero-order chi connectivity index (χ0) is 17.5. The molecular weight excluding hydrogens is 335 g/mol. The molecule has 0 aromatic heterocycles. The van der Waals surface area contributed by atoms with E-state index in [2.05, 4.69) is 4.74 Å². The van der Waals surface area contributed by atoms with Gasteiger partial charge >= 0.3 is 18.5 Å². The lowest BCUT2D eigenvalue weighted by molar-refractivity contribution is -0.164. The summed E-state index contributed by atoms with van der Waals surface area (Å²) in [5.74, 6) is -1.68. The van der Waals surface area contributed by atoms with E-state index in [1.807, 2.05) is 0 Å². The second-order valence-corrected chi connectivity index (χ2v) is 3.90. The van der Waals surface area contributed by atoms with Gasteiger partial charge in [0.1, 0.15) is 11.3 Å². The molecule has 11 heteroatoms. The number of benzene rings is 1. The van der Waals surface area contributed by atoms with E-state index in [1.54, 1.807) is 0 Å². The molecule has 0 aliphatic carbocycles. The normalized spacial score (nSPS) is 13.2. The van der Waals surface area contributed by atoms with Crippen molar-refractivity contribution in [1.29, 1.82) is 0 Å². The maximum atomic E-state index is 12.8. The van der Waals surface area contributed by atoms with Crippen LogP contribution >= 0.6 is 0 Å². The molecule has 0 heterocycles. The summed E-state index contributed by atoms with van der Waals surface area (Å²) in [4.78, 5) is 10.6. The summed E-state index contributed by atoms with van der Waals surface area (Å²) < 4.78 is 119. The van der Waals surface area contributed by atoms with Gasteiger partial charge in [-0.1, -0.05) is 0 Å². The monoisotopic (exact) mass is 340 g/mol. The van der Waals surface area contributed by atoms with Gasteiger partial charge in [0.05, 0.1) is 18.2 Å². The van der Waals surface area contributed by atoms with Crippen molar-refractivity contribution in [3.63, 3.8) is 0 Å². The third-order valence-corrected chi connectivity index (χ3v) is 2.54. The predicted octanol–water partition coefficient (Wildman–Crippen LogP) is 4.56. The van der Waals surface area contributed by atoms with Crippen LogP contribution in [0.4, 0.5) is 39.5 Å². The molecule has 22 heavy (non-hydrogen) atoms. The van der Waals surface area contributed by atoms with Crippen LogP contribution in [0.3, 0.4) is 0 Å². The van der Waals surface area contributed by atoms with Crippen molar-refractivity contribution in [1.82, 2.24) is 0 Å². The van der Waals surface area contributed by atoms with Gasteiger partial charge < -0.3 is 4.74 Å². The summed E-state index contributed by atoms with van der Waals surface area (Å²) in [5, 5.41) is 0. The van der Waals surface area contributed by atoms with Crippen LogP contribution in [-0.4, -0.2) is 13.4 Å². The standard InChI is InChI=1S/C11H5F9O2/c1-22-6-2-5(9(12,13)14)4(3-21)7(10(15,16)17)8(6)11(18,19)20/h2-3H,1H3. The number of hydrogen-bond acceptors (Lipinski definition) is 2. The number of ether oxygens (including phenoxy) is 1. The first-order chi connectivity index (χ1) is 9.75. The Labute approximate surface area is 116 Å². The Balaban J connectivity index is 4.07. The number of hydrogen-bond donors (Lipinski definition) is 0. The first kappa shape index (κ1) is 18.1. The highest BCUT2D eigenvalue weighted by atomic mass is 19.4. The van der Waals surface area contributed by atoms with Crippen LogP contribution in [0.25, 0.3) is 0 Å². The van der Waals surface area contributed by atoms with Crippen LogP contribution in [0.1, 0.15) is 27.0 Å². The van der Waals surface area contributed by atoms with E-state index in [0.29, 0.717) is 7.11 Å². The van der Waals surface area contributed by atoms with Gasteiger partial charge in [-0.25, -0.2) is 0 Å². The van der Waals surface area contributed by atoms with E-state index in [-0.39, 0.29) is 6.07 Å². The third kappa shape index (κ3) is 3.28. The molecule has 124 valence electrons. The quantitative estimate of drug-likeness (QED) is 0.583. The maximum Gasteiger partial charge on any atom is 0.420 e. The minimum Gasteiger partial charge on any atom is -0.496 e. The Morgan fingerprint density at radius 3 is 1.59 bits per heavy atom. The lowest BCUT2D eigenvalue weighted by Gasteiger charge is -2.23. The molecule has 0 N–H and O–H groups in total. The molecule has 0 saturated heterocycles. The zero-order valence-electron chi connectivity index (χ0n) is 10.4. The number of alkyl halides is 9. The molecule has 0 unspecified atom stereocenters. The first-order valence-electron chi connectivity index (χ1n) is 5.16. The molecule has 0 amide bonds. The van der Waals surface area contributed by atoms with E-state index < -0.39 is 52.8 Å². The van der Waals surface area contributed by atoms with Crippen molar-refractivity contribution < 1.29 is 49.0 Å². The van der Waals surface area contributed by atoms with Gasteiger partial charge in [0.2, 0.25) is 0 Å². The van der Waals surface area contributed by atoms with E-state index in [1.165, 1.54) is 0 Å². The minimum absolute atomic E-state index is 0.290. The van der Waals surface area contributed by atoms with E-state index >= 15 is 0 Å². The lowest BCUT2D eigenvalue weighted by Crippen LogP contribution is -2.23. The van der Waals surface area contributed by atoms with Crippen LogP contribution in [0.5, 0.6) is 5.75 Å². The first-order valence-corrected chi connectivity index (χ1v) is 5.16. The summed E-state index contributed by atoms with van der Waals surface area (Å²) in [6.07, 6.45) is -17.9. The van der Waals surface area contributed by atoms with E-state index in [9.17, 15) is 44.3 Å². The molecule has 0 saturated carbocycles. The molecule has 1 aromatic rings. The minimum atomic E-state index is -5.85. The van der Waals surface area contributed by atoms with Crippen molar-refractivity contribution in [2.24, 2.45) is 0 Å². The fourth-order valence-electron chi connectivity index (χ4n) is 1.77. The topological polar surface area (TPSA) is 26.3 Å². The van der Waals surface area contributed by atoms with Gasteiger partial charge in [0, 0.05) is 5.56 Å². The Hall–Kier alpha value is -1.94. The maximum absolute atomic E-state index is 12.8. The van der Waals surface area contributed by atoms with E-state index in [4.69, 9.17) is 0 Å². The molecule has 0 aliphatic rings. The molecular formula is C11H5F9O2. The van der Waals surface area contributed by atoms with Gasteiger partial charge in [-0.3, -0.25) is 4.79 Å². The van der Waals surface area contributed by atoms with Crippen molar-refractivity contribution in [2.75, 3.05) is 7.11 Å². The Kier molecular flexibility index (Phi) is 4.41. The van der Waals surface area contributed by atoms with Crippen LogP contribution in [-0.2, 0) is 18.5 Å². The Morgan fingerprint density at radius 1 is 0.864 bits per heavy atom. The van der Waals surface area contributed by atoms with Crippen molar-refractivity contribution in [3.8, 4) is 5.75 Å². The molecule has 0 atom stereocenters. The average Bonchev–Trinajstić information content (AvgIpc) is 2.32. The summed E-state index contributed by atoms with van der Waals surface area (Å²) >= 11 is 0. The fraction of sp³-hybridized carbons (Fsp3) is 0.364. The largest absolute Gasteiger partial charge is 0.496 e. The molecule has 0 fully saturated rings. The van der Waals surface area contributed by atoms with Gasteiger partial charge in [-0.05, 0) is 6.07 Å². The molecule has 0 spiro atoms. The second-order valence-electron chi connectivity index (χ2n) is 3.90. The van der Waals surface area contributed by atoms with Crippen LogP contribution in [0.2, 0.25) is 0 Å². The number of aldehydes is 1. The van der Waals surface area contributed by atoms with Gasteiger partial charge in [-0.2, -0.15) is 39.5 Å². The fourth-order valence-corrected chi connectivity index (χ4v) is 1.77. The third-order valence-electron chi connectivity index (χ3n) is 2.54. The highest BCUT2D eigenvalue weighted by Crippen LogP contribution is 2.49. The van der Waals surface area contributed by atoms with Gasteiger partial charge in [0.25, 0.3) is 0 Å². The summed E-state index contributed by atoms with van der Waals surface area (Å²) in [5.41, 5.74) is -9.54. The Morgan fingerprint density at radius 2 is 1.32 bits per heavy atom. The number of halogens is 9. The summed E-state index contributed by atoms with van der Waals surface area (Å²) in [6, 6.07) is -0.290. The van der Waals surface area contributed by atoms with E-state index in [0.717, 1.165) is 0 Å². The molecule has 1 rings (SSSR count). The molecule has 0 aliphatic heterocycles. The average molecular weight is 340 g/mol. The number of carbonyl (C=O) groups excluding carboxylic acids is 1. The van der Waals surface area contributed by atoms with Crippen LogP contribution in [0.15, 0.2) is 6.07 Å². The molecule has 0 bridgehead atoms. The predicted molar refractivity (Wildman–Crippen MR) is 53.4 cm³/mol. The SMILES string of the molecule is COc1cc(C(F)(F)F)c(C=O)c(C(F)(F)F)c1C(F)(F)F. The number of rotatable bonds is 2. The molecule has 1 aromatic carbocycles. The summed E-state index contributed by atoms with van der Waals surface area (Å²) in [6.45, 7) is 0. The van der Waals surface area contributed by atoms with Crippen LogP contribution < -0.4 is 4.74 Å². The second kappa shape index (κ2) is 5.36. The lowest BCUT2D eigenvalue weighted by atomic mass is 9.94. The van der Waals surface area contributed by atoms with Gasteiger partial charge in [0.15, 0.2) is 6.29 Å². The molecule has 0 radical (unpaired) electrons. The zero-order valence-corrected chi connectivity index (χ0v) is 10.4. The highest BCUT2D eigenvalue weighted by molar-refractivity contribution is 5.82.